The monoisotopic (exact) mass is 317 g/mol. The number of rotatable bonds is 3. The lowest BCUT2D eigenvalue weighted by Gasteiger charge is -2.35. The van der Waals surface area contributed by atoms with Crippen LogP contribution in [0.4, 0.5) is 5.69 Å². The zero-order chi connectivity index (χ0) is 12.3. The van der Waals surface area contributed by atoms with E-state index in [-0.39, 0.29) is 0 Å². The fourth-order valence-electron chi connectivity index (χ4n) is 2.16. The van der Waals surface area contributed by atoms with Gasteiger partial charge in [0.25, 0.3) is 0 Å². The highest BCUT2D eigenvalue weighted by atomic mass is 79.9. The van der Waals surface area contributed by atoms with E-state index in [4.69, 9.17) is 16.3 Å². The van der Waals surface area contributed by atoms with Gasteiger partial charge in [-0.15, -0.1) is 0 Å². The van der Waals surface area contributed by atoms with Crippen LogP contribution in [0.1, 0.15) is 18.9 Å². The summed E-state index contributed by atoms with van der Waals surface area (Å²) in [6, 6.07) is 6.10. The fraction of sp³-hybridized carbons (Fsp3) is 0.538. The molecule has 1 saturated heterocycles. The molecular formula is C13H17BrClNO. The van der Waals surface area contributed by atoms with Crippen molar-refractivity contribution < 1.29 is 4.74 Å². The topological polar surface area (TPSA) is 12.5 Å². The minimum Gasteiger partial charge on any atom is -0.375 e. The molecule has 1 aliphatic rings. The van der Waals surface area contributed by atoms with E-state index >= 15 is 0 Å². The molecule has 1 aliphatic heterocycles. The average Bonchev–Trinajstić information content (AvgIpc) is 2.38. The first-order valence-corrected chi connectivity index (χ1v) is 7.46. The van der Waals surface area contributed by atoms with Crippen molar-refractivity contribution in [2.75, 3.05) is 24.6 Å². The van der Waals surface area contributed by atoms with E-state index in [2.05, 4.69) is 33.8 Å². The van der Waals surface area contributed by atoms with Gasteiger partial charge in [0.2, 0.25) is 0 Å². The minimum atomic E-state index is 0.339. The molecule has 4 heteroatoms. The minimum absolute atomic E-state index is 0.339. The number of alkyl halides is 1. The smallest absolute Gasteiger partial charge is 0.0748 e. The van der Waals surface area contributed by atoms with Crippen LogP contribution >= 0.6 is 27.5 Å². The molecule has 1 atom stereocenters. The molecule has 0 bridgehead atoms. The Morgan fingerprint density at radius 2 is 2.35 bits per heavy atom. The van der Waals surface area contributed by atoms with Gasteiger partial charge in [-0.2, -0.15) is 0 Å². The van der Waals surface area contributed by atoms with Gasteiger partial charge in [0.05, 0.1) is 12.7 Å². The average molecular weight is 319 g/mol. The third kappa shape index (κ3) is 2.95. The van der Waals surface area contributed by atoms with Crippen LogP contribution in [0, 0.1) is 0 Å². The van der Waals surface area contributed by atoms with Gasteiger partial charge in [0, 0.05) is 34.7 Å². The first-order valence-electron chi connectivity index (χ1n) is 5.96. The quantitative estimate of drug-likeness (QED) is 0.785. The number of halogens is 2. The van der Waals surface area contributed by atoms with E-state index in [1.54, 1.807) is 0 Å². The van der Waals surface area contributed by atoms with Crippen molar-refractivity contribution in [3.8, 4) is 0 Å². The SMILES string of the molecule is CCC1CN(c2cccc(Cl)c2CBr)CCO1. The first-order chi connectivity index (χ1) is 8.26. The third-order valence-corrected chi connectivity index (χ3v) is 4.08. The summed E-state index contributed by atoms with van der Waals surface area (Å²) in [5, 5.41) is 1.62. The largest absolute Gasteiger partial charge is 0.375 e. The van der Waals surface area contributed by atoms with Crippen LogP contribution in [0.3, 0.4) is 0 Å². The molecule has 1 aromatic carbocycles. The van der Waals surface area contributed by atoms with Crippen molar-refractivity contribution in [2.45, 2.75) is 24.8 Å². The van der Waals surface area contributed by atoms with Crippen LogP contribution in [-0.4, -0.2) is 25.8 Å². The predicted octanol–water partition coefficient (Wildman–Crippen LogP) is 3.85. The van der Waals surface area contributed by atoms with E-state index in [0.717, 1.165) is 36.5 Å². The van der Waals surface area contributed by atoms with Gasteiger partial charge >= 0.3 is 0 Å². The van der Waals surface area contributed by atoms with Crippen molar-refractivity contribution in [1.82, 2.24) is 0 Å². The predicted molar refractivity (Wildman–Crippen MR) is 76.3 cm³/mol. The lowest BCUT2D eigenvalue weighted by molar-refractivity contribution is 0.0384. The maximum atomic E-state index is 6.23. The highest BCUT2D eigenvalue weighted by Crippen LogP contribution is 2.30. The molecule has 94 valence electrons. The van der Waals surface area contributed by atoms with Crippen molar-refractivity contribution in [1.29, 1.82) is 0 Å². The lowest BCUT2D eigenvalue weighted by Crippen LogP contribution is -2.42. The van der Waals surface area contributed by atoms with Gasteiger partial charge in [-0.25, -0.2) is 0 Å². The van der Waals surface area contributed by atoms with Crippen molar-refractivity contribution >= 4 is 33.2 Å². The molecule has 0 aromatic heterocycles. The Balaban J connectivity index is 2.24. The Morgan fingerprint density at radius 1 is 1.53 bits per heavy atom. The Bertz CT molecular complexity index is 386. The van der Waals surface area contributed by atoms with Gasteiger partial charge in [-0.3, -0.25) is 0 Å². The number of hydrogen-bond acceptors (Lipinski definition) is 2. The molecule has 2 rings (SSSR count). The highest BCUT2D eigenvalue weighted by molar-refractivity contribution is 9.08. The van der Waals surface area contributed by atoms with E-state index in [9.17, 15) is 0 Å². The zero-order valence-corrected chi connectivity index (χ0v) is 12.3. The summed E-state index contributed by atoms with van der Waals surface area (Å²) in [6.07, 6.45) is 1.40. The Hall–Kier alpha value is -0.250. The second-order valence-corrected chi connectivity index (χ2v) is 5.19. The maximum absolute atomic E-state index is 6.23. The van der Waals surface area contributed by atoms with Crippen LogP contribution < -0.4 is 4.90 Å². The summed E-state index contributed by atoms with van der Waals surface area (Å²) in [7, 11) is 0. The summed E-state index contributed by atoms with van der Waals surface area (Å²) >= 11 is 9.75. The summed E-state index contributed by atoms with van der Waals surface area (Å²) in [4.78, 5) is 2.38. The molecule has 17 heavy (non-hydrogen) atoms. The van der Waals surface area contributed by atoms with Crippen LogP contribution in [-0.2, 0) is 10.1 Å². The number of anilines is 1. The molecule has 1 heterocycles. The lowest BCUT2D eigenvalue weighted by atomic mass is 10.1. The Morgan fingerprint density at radius 3 is 3.06 bits per heavy atom. The second-order valence-electron chi connectivity index (χ2n) is 4.22. The number of morpholine rings is 1. The Kier molecular flexibility index (Phi) is 4.71. The van der Waals surface area contributed by atoms with E-state index in [1.807, 2.05) is 12.1 Å². The fourth-order valence-corrected chi connectivity index (χ4v) is 3.15. The molecular weight excluding hydrogens is 302 g/mol. The van der Waals surface area contributed by atoms with Gasteiger partial charge in [-0.05, 0) is 18.6 Å². The molecule has 0 N–H and O–H groups in total. The first kappa shape index (κ1) is 13.2. The standard InChI is InChI=1S/C13H17BrClNO/c1-2-10-9-16(6-7-17-10)13-5-3-4-12(15)11(13)8-14/h3-5,10H,2,6-9H2,1H3. The summed E-state index contributed by atoms with van der Waals surface area (Å²) in [5.41, 5.74) is 2.40. The van der Waals surface area contributed by atoms with Gasteiger partial charge in [0.15, 0.2) is 0 Å². The summed E-state index contributed by atoms with van der Waals surface area (Å²) in [6.45, 7) is 4.86. The molecule has 1 aromatic rings. The third-order valence-electron chi connectivity index (χ3n) is 3.16. The van der Waals surface area contributed by atoms with Crippen molar-refractivity contribution in [3.05, 3.63) is 28.8 Å². The van der Waals surface area contributed by atoms with Crippen LogP contribution in [0.15, 0.2) is 18.2 Å². The molecule has 2 nitrogen and oxygen atoms in total. The molecule has 1 fully saturated rings. The van der Waals surface area contributed by atoms with Crippen molar-refractivity contribution in [3.63, 3.8) is 0 Å². The van der Waals surface area contributed by atoms with Crippen LogP contribution in [0.25, 0.3) is 0 Å². The molecule has 0 aliphatic carbocycles. The van der Waals surface area contributed by atoms with Gasteiger partial charge in [0.1, 0.15) is 0 Å². The van der Waals surface area contributed by atoms with E-state index < -0.39 is 0 Å². The second kappa shape index (κ2) is 6.07. The number of ether oxygens (including phenoxy) is 1. The molecule has 0 saturated carbocycles. The van der Waals surface area contributed by atoms with Gasteiger partial charge in [-0.1, -0.05) is 40.5 Å². The number of hydrogen-bond donors (Lipinski definition) is 0. The molecule has 0 spiro atoms. The van der Waals surface area contributed by atoms with Gasteiger partial charge < -0.3 is 9.64 Å². The normalized spacial score (nSPS) is 20.6. The molecule has 0 radical (unpaired) electrons. The van der Waals surface area contributed by atoms with E-state index in [1.165, 1.54) is 11.3 Å². The number of benzene rings is 1. The Labute approximate surface area is 116 Å². The summed E-state index contributed by atoms with van der Waals surface area (Å²) in [5.74, 6) is 0. The van der Waals surface area contributed by atoms with E-state index in [0.29, 0.717) is 6.10 Å². The molecule has 0 amide bonds. The number of nitrogens with zero attached hydrogens (tertiary/aromatic N) is 1. The van der Waals surface area contributed by atoms with Crippen molar-refractivity contribution in [2.24, 2.45) is 0 Å². The van der Waals surface area contributed by atoms with Crippen LogP contribution in [0.5, 0.6) is 0 Å². The van der Waals surface area contributed by atoms with Crippen LogP contribution in [0.2, 0.25) is 5.02 Å². The molecule has 1 unspecified atom stereocenters. The summed E-state index contributed by atoms with van der Waals surface area (Å²) < 4.78 is 5.70. The highest BCUT2D eigenvalue weighted by Gasteiger charge is 2.21. The maximum Gasteiger partial charge on any atom is 0.0748 e. The zero-order valence-electron chi connectivity index (χ0n) is 9.96.